The van der Waals surface area contributed by atoms with Gasteiger partial charge in [-0.1, -0.05) is 12.8 Å². The van der Waals surface area contributed by atoms with Gasteiger partial charge in [-0.3, -0.25) is 14.5 Å². The molecule has 0 aromatic heterocycles. The summed E-state index contributed by atoms with van der Waals surface area (Å²) >= 11 is 0. The van der Waals surface area contributed by atoms with E-state index in [1.807, 2.05) is 6.92 Å². The van der Waals surface area contributed by atoms with Crippen molar-refractivity contribution in [3.63, 3.8) is 0 Å². The second-order valence-corrected chi connectivity index (χ2v) is 5.81. The molecule has 1 saturated heterocycles. The van der Waals surface area contributed by atoms with Crippen LogP contribution >= 0.6 is 0 Å². The van der Waals surface area contributed by atoms with E-state index in [0.29, 0.717) is 32.0 Å². The van der Waals surface area contributed by atoms with Gasteiger partial charge in [0.25, 0.3) is 0 Å². The molecule has 1 aliphatic carbocycles. The van der Waals surface area contributed by atoms with Crippen LogP contribution in [0.1, 0.15) is 45.4 Å². The van der Waals surface area contributed by atoms with Crippen molar-refractivity contribution in [1.29, 1.82) is 0 Å². The SMILES string of the molecule is CC(C(=O)NC1CCCC1)N1CCC(C(=O)O)CC1. The van der Waals surface area contributed by atoms with Crippen LogP contribution in [0.2, 0.25) is 0 Å². The predicted octanol–water partition coefficient (Wildman–Crippen LogP) is 1.23. The average Bonchev–Trinajstić information content (AvgIpc) is 2.90. The predicted molar refractivity (Wildman–Crippen MR) is 71.8 cm³/mol. The third kappa shape index (κ3) is 3.69. The Bertz CT molecular complexity index is 332. The number of carboxylic acid groups (broad SMARTS) is 1. The highest BCUT2D eigenvalue weighted by molar-refractivity contribution is 5.81. The number of rotatable bonds is 4. The molecule has 19 heavy (non-hydrogen) atoms. The van der Waals surface area contributed by atoms with E-state index in [0.717, 1.165) is 12.8 Å². The number of carboxylic acids is 1. The largest absolute Gasteiger partial charge is 0.481 e. The number of hydrogen-bond donors (Lipinski definition) is 2. The summed E-state index contributed by atoms with van der Waals surface area (Å²) < 4.78 is 0. The van der Waals surface area contributed by atoms with Gasteiger partial charge in [-0.2, -0.15) is 0 Å². The van der Waals surface area contributed by atoms with Crippen LogP contribution in [-0.4, -0.2) is 47.1 Å². The zero-order valence-corrected chi connectivity index (χ0v) is 11.6. The Labute approximate surface area is 114 Å². The summed E-state index contributed by atoms with van der Waals surface area (Å²) in [6, 6.07) is 0.210. The van der Waals surface area contributed by atoms with Crippen molar-refractivity contribution >= 4 is 11.9 Å². The molecule has 0 aromatic rings. The number of nitrogens with one attached hydrogen (secondary N) is 1. The van der Waals surface area contributed by atoms with Gasteiger partial charge in [0.05, 0.1) is 12.0 Å². The Morgan fingerprint density at radius 2 is 1.74 bits per heavy atom. The number of likely N-dealkylation sites (tertiary alicyclic amines) is 1. The average molecular weight is 268 g/mol. The smallest absolute Gasteiger partial charge is 0.306 e. The van der Waals surface area contributed by atoms with Crippen molar-refractivity contribution in [1.82, 2.24) is 10.2 Å². The number of nitrogens with zero attached hydrogens (tertiary/aromatic N) is 1. The number of amides is 1. The van der Waals surface area contributed by atoms with Crippen molar-refractivity contribution in [2.45, 2.75) is 57.5 Å². The van der Waals surface area contributed by atoms with E-state index < -0.39 is 5.97 Å². The van der Waals surface area contributed by atoms with Crippen LogP contribution in [0, 0.1) is 5.92 Å². The lowest BCUT2D eigenvalue weighted by Crippen LogP contribution is -2.50. The summed E-state index contributed by atoms with van der Waals surface area (Å²) in [4.78, 5) is 25.1. The zero-order chi connectivity index (χ0) is 13.8. The normalized spacial score (nSPS) is 24.3. The summed E-state index contributed by atoms with van der Waals surface area (Å²) in [5.41, 5.74) is 0. The molecule has 5 heteroatoms. The first kappa shape index (κ1) is 14.3. The molecule has 0 radical (unpaired) electrons. The molecule has 1 heterocycles. The minimum atomic E-state index is -0.706. The van der Waals surface area contributed by atoms with Gasteiger partial charge < -0.3 is 10.4 Å². The third-order valence-electron chi connectivity index (χ3n) is 4.51. The fourth-order valence-corrected chi connectivity index (χ4v) is 3.09. The molecule has 2 aliphatic rings. The maximum absolute atomic E-state index is 12.1. The van der Waals surface area contributed by atoms with E-state index >= 15 is 0 Å². The molecule has 2 rings (SSSR count). The Balaban J connectivity index is 1.78. The summed E-state index contributed by atoms with van der Waals surface area (Å²) in [6.45, 7) is 3.33. The van der Waals surface area contributed by atoms with Gasteiger partial charge in [-0.25, -0.2) is 0 Å². The molecule has 1 aliphatic heterocycles. The quantitative estimate of drug-likeness (QED) is 0.804. The van der Waals surface area contributed by atoms with Crippen LogP contribution in [0.25, 0.3) is 0 Å². The van der Waals surface area contributed by atoms with Crippen LogP contribution in [-0.2, 0) is 9.59 Å². The highest BCUT2D eigenvalue weighted by Crippen LogP contribution is 2.21. The molecule has 5 nitrogen and oxygen atoms in total. The molecule has 0 spiro atoms. The van der Waals surface area contributed by atoms with E-state index in [2.05, 4.69) is 10.2 Å². The highest BCUT2D eigenvalue weighted by Gasteiger charge is 2.30. The zero-order valence-electron chi connectivity index (χ0n) is 11.6. The Morgan fingerprint density at radius 1 is 1.16 bits per heavy atom. The van der Waals surface area contributed by atoms with Gasteiger partial charge in [-0.05, 0) is 45.7 Å². The molecular weight excluding hydrogens is 244 g/mol. The molecule has 1 atom stereocenters. The van der Waals surface area contributed by atoms with Crippen molar-refractivity contribution in [3.8, 4) is 0 Å². The van der Waals surface area contributed by atoms with Crippen LogP contribution in [0.15, 0.2) is 0 Å². The van der Waals surface area contributed by atoms with Crippen LogP contribution < -0.4 is 5.32 Å². The molecule has 2 fully saturated rings. The van der Waals surface area contributed by atoms with Crippen molar-refractivity contribution in [2.75, 3.05) is 13.1 Å². The van der Waals surface area contributed by atoms with E-state index in [1.165, 1.54) is 12.8 Å². The standard InChI is InChI=1S/C14H24N2O3/c1-10(13(17)15-12-4-2-3-5-12)16-8-6-11(7-9-16)14(18)19/h10-12H,2-9H2,1H3,(H,15,17)(H,18,19). The maximum Gasteiger partial charge on any atom is 0.306 e. The lowest BCUT2D eigenvalue weighted by atomic mass is 9.96. The number of carbonyl (C=O) groups excluding carboxylic acids is 1. The maximum atomic E-state index is 12.1. The molecule has 108 valence electrons. The summed E-state index contributed by atoms with van der Waals surface area (Å²) in [6.07, 6.45) is 5.92. The minimum Gasteiger partial charge on any atom is -0.481 e. The van der Waals surface area contributed by atoms with Gasteiger partial charge in [0.15, 0.2) is 0 Å². The Kier molecular flexibility index (Phi) is 4.80. The number of hydrogen-bond acceptors (Lipinski definition) is 3. The minimum absolute atomic E-state index is 0.0978. The van der Waals surface area contributed by atoms with Crippen LogP contribution in [0.5, 0.6) is 0 Å². The van der Waals surface area contributed by atoms with E-state index in [1.54, 1.807) is 0 Å². The lowest BCUT2D eigenvalue weighted by Gasteiger charge is -2.34. The number of carbonyl (C=O) groups is 2. The van der Waals surface area contributed by atoms with Gasteiger partial charge in [-0.15, -0.1) is 0 Å². The Hall–Kier alpha value is -1.10. The topological polar surface area (TPSA) is 69.6 Å². The molecule has 1 amide bonds. The first-order valence-corrected chi connectivity index (χ1v) is 7.35. The molecule has 0 aromatic carbocycles. The van der Waals surface area contributed by atoms with Crippen LogP contribution in [0.4, 0.5) is 0 Å². The van der Waals surface area contributed by atoms with Gasteiger partial charge in [0.2, 0.25) is 5.91 Å². The van der Waals surface area contributed by atoms with E-state index in [-0.39, 0.29) is 17.9 Å². The second kappa shape index (κ2) is 6.37. The Morgan fingerprint density at radius 3 is 2.26 bits per heavy atom. The summed E-state index contributed by atoms with van der Waals surface area (Å²) in [5, 5.41) is 12.1. The third-order valence-corrected chi connectivity index (χ3v) is 4.51. The first-order chi connectivity index (χ1) is 9.08. The summed E-state index contributed by atoms with van der Waals surface area (Å²) in [5.74, 6) is -0.843. The van der Waals surface area contributed by atoms with Gasteiger partial charge in [0.1, 0.15) is 0 Å². The molecule has 1 saturated carbocycles. The van der Waals surface area contributed by atoms with E-state index in [4.69, 9.17) is 5.11 Å². The fraction of sp³-hybridized carbons (Fsp3) is 0.857. The molecule has 2 N–H and O–H groups in total. The first-order valence-electron chi connectivity index (χ1n) is 7.35. The molecule has 1 unspecified atom stereocenters. The number of aliphatic carboxylic acids is 1. The molecule has 0 bridgehead atoms. The van der Waals surface area contributed by atoms with Gasteiger partial charge >= 0.3 is 5.97 Å². The van der Waals surface area contributed by atoms with Crippen molar-refractivity contribution < 1.29 is 14.7 Å². The molecular formula is C14H24N2O3. The van der Waals surface area contributed by atoms with Crippen LogP contribution in [0.3, 0.4) is 0 Å². The van der Waals surface area contributed by atoms with E-state index in [9.17, 15) is 9.59 Å². The monoisotopic (exact) mass is 268 g/mol. The van der Waals surface area contributed by atoms with Crippen molar-refractivity contribution in [2.24, 2.45) is 5.92 Å². The van der Waals surface area contributed by atoms with Crippen molar-refractivity contribution in [3.05, 3.63) is 0 Å². The summed E-state index contributed by atoms with van der Waals surface area (Å²) in [7, 11) is 0. The number of piperidine rings is 1. The second-order valence-electron chi connectivity index (χ2n) is 5.81. The fourth-order valence-electron chi connectivity index (χ4n) is 3.09. The van der Waals surface area contributed by atoms with Gasteiger partial charge in [0, 0.05) is 6.04 Å². The lowest BCUT2D eigenvalue weighted by molar-refractivity contribution is -0.143. The highest BCUT2D eigenvalue weighted by atomic mass is 16.4.